The van der Waals surface area contributed by atoms with Gasteiger partial charge in [0.25, 0.3) is 0 Å². The number of urea groups is 2. The highest BCUT2D eigenvalue weighted by Gasteiger charge is 2.47. The Morgan fingerprint density at radius 3 is 2.70 bits per heavy atom. The summed E-state index contributed by atoms with van der Waals surface area (Å²) in [5, 5.41) is 13.9. The first-order valence-electron chi connectivity index (χ1n) is 12.8. The van der Waals surface area contributed by atoms with Crippen LogP contribution in [0.4, 0.5) is 19.7 Å². The van der Waals surface area contributed by atoms with Crippen LogP contribution in [-0.4, -0.2) is 42.0 Å². The lowest BCUT2D eigenvalue weighted by molar-refractivity contribution is 0.185. The van der Waals surface area contributed by atoms with Gasteiger partial charge in [-0.15, -0.1) is 0 Å². The van der Waals surface area contributed by atoms with Gasteiger partial charge >= 0.3 is 12.1 Å². The number of nitrogens with one attached hydrogen (secondary N) is 3. The Morgan fingerprint density at radius 1 is 1.27 bits per heavy atom. The van der Waals surface area contributed by atoms with Gasteiger partial charge in [-0.1, -0.05) is 42.8 Å². The summed E-state index contributed by atoms with van der Waals surface area (Å²) in [6.07, 6.45) is 6.98. The zero-order chi connectivity index (χ0) is 26.0. The Balaban J connectivity index is 1.40. The Kier molecular flexibility index (Phi) is 6.91. The zero-order valence-corrected chi connectivity index (χ0v) is 20.9. The molecule has 0 spiro atoms. The molecule has 1 saturated heterocycles. The molecule has 1 saturated carbocycles. The van der Waals surface area contributed by atoms with E-state index in [9.17, 15) is 14.0 Å². The van der Waals surface area contributed by atoms with Gasteiger partial charge in [-0.05, 0) is 72.9 Å². The fourth-order valence-corrected chi connectivity index (χ4v) is 6.02. The van der Waals surface area contributed by atoms with Crippen molar-refractivity contribution in [2.75, 3.05) is 13.1 Å². The van der Waals surface area contributed by atoms with Crippen molar-refractivity contribution in [2.24, 2.45) is 22.2 Å². The van der Waals surface area contributed by atoms with Gasteiger partial charge in [0, 0.05) is 30.9 Å². The standard InChI is InChI=1S/C29H32FN5O2/c1-29-17-20(18-31)26(33-24-11-9-23(30)10-12-24)16-22(29)8-7-21(29)15-25(19-5-3-2-4-6-19)34-28(37)35-14-13-32-27(35)36/h2-6,9-12,16,18,20-21,25,31H,7-8,13-15,17H2,1H3,(H,32,36)(H,34,37). The predicted octanol–water partition coefficient (Wildman–Crippen LogP) is 5.78. The third kappa shape index (κ3) is 5.05. The largest absolute Gasteiger partial charge is 0.336 e. The summed E-state index contributed by atoms with van der Waals surface area (Å²) in [5.74, 6) is -0.157. The number of nitrogens with zero attached hydrogens (tertiary/aromatic N) is 2. The van der Waals surface area contributed by atoms with E-state index in [2.05, 4.69) is 23.6 Å². The van der Waals surface area contributed by atoms with Gasteiger partial charge in [0.05, 0.1) is 11.7 Å². The van der Waals surface area contributed by atoms with E-state index in [1.807, 2.05) is 30.3 Å². The molecule has 37 heavy (non-hydrogen) atoms. The molecule has 1 aliphatic heterocycles. The molecule has 8 heteroatoms. The highest BCUT2D eigenvalue weighted by Crippen LogP contribution is 2.56. The number of benzene rings is 2. The first-order valence-corrected chi connectivity index (χ1v) is 12.8. The van der Waals surface area contributed by atoms with E-state index in [-0.39, 0.29) is 41.2 Å². The Hall–Kier alpha value is -3.81. The Bertz CT molecular complexity index is 1240. The van der Waals surface area contributed by atoms with E-state index < -0.39 is 0 Å². The number of fused-ring (bicyclic) bond motifs is 1. The fraction of sp³-hybridized carbons (Fsp3) is 0.379. The van der Waals surface area contributed by atoms with Crippen LogP contribution in [0.3, 0.4) is 0 Å². The molecule has 7 nitrogen and oxygen atoms in total. The van der Waals surface area contributed by atoms with E-state index in [1.165, 1.54) is 28.8 Å². The average Bonchev–Trinajstić information content (AvgIpc) is 3.47. The number of imide groups is 1. The zero-order valence-electron chi connectivity index (χ0n) is 20.9. The summed E-state index contributed by atoms with van der Waals surface area (Å²) < 4.78 is 13.3. The maximum Gasteiger partial charge on any atom is 0.326 e. The average molecular weight is 502 g/mol. The van der Waals surface area contributed by atoms with Crippen LogP contribution in [0.2, 0.25) is 0 Å². The first-order chi connectivity index (χ1) is 17.9. The van der Waals surface area contributed by atoms with Gasteiger partial charge in [-0.25, -0.2) is 18.9 Å². The number of amides is 4. The van der Waals surface area contributed by atoms with Crippen molar-refractivity contribution in [2.45, 2.75) is 38.6 Å². The topological polar surface area (TPSA) is 97.7 Å². The van der Waals surface area contributed by atoms with Crippen molar-refractivity contribution in [3.63, 3.8) is 0 Å². The quantitative estimate of drug-likeness (QED) is 0.438. The third-order valence-electron chi connectivity index (χ3n) is 8.15. The van der Waals surface area contributed by atoms with E-state index in [0.29, 0.717) is 18.8 Å². The number of rotatable bonds is 6. The van der Waals surface area contributed by atoms with Crippen LogP contribution in [0.5, 0.6) is 0 Å². The minimum absolute atomic E-state index is 0.132. The van der Waals surface area contributed by atoms with Crippen molar-refractivity contribution in [1.29, 1.82) is 5.41 Å². The van der Waals surface area contributed by atoms with Crippen LogP contribution in [0.15, 0.2) is 71.2 Å². The minimum atomic E-state index is -0.377. The molecule has 1 heterocycles. The number of aliphatic imine (C=N–C) groups is 1. The number of hydrogen-bond acceptors (Lipinski definition) is 4. The maximum atomic E-state index is 13.3. The molecule has 0 radical (unpaired) electrons. The smallest absolute Gasteiger partial charge is 0.326 e. The summed E-state index contributed by atoms with van der Waals surface area (Å²) in [4.78, 5) is 31.0. The molecule has 3 N–H and O–H groups in total. The lowest BCUT2D eigenvalue weighted by atomic mass is 9.65. The monoisotopic (exact) mass is 501 g/mol. The molecule has 2 aromatic carbocycles. The van der Waals surface area contributed by atoms with Gasteiger partial charge in [-0.3, -0.25) is 4.99 Å². The Labute approximate surface area is 216 Å². The lowest BCUT2D eigenvalue weighted by Crippen LogP contribution is -2.44. The second-order valence-electron chi connectivity index (χ2n) is 10.3. The van der Waals surface area contributed by atoms with Crippen LogP contribution >= 0.6 is 0 Å². The second-order valence-corrected chi connectivity index (χ2v) is 10.3. The molecule has 0 bridgehead atoms. The number of halogens is 1. The summed E-state index contributed by atoms with van der Waals surface area (Å²) in [5.41, 5.74) is 3.70. The van der Waals surface area contributed by atoms with E-state index in [4.69, 9.17) is 10.4 Å². The van der Waals surface area contributed by atoms with Gasteiger partial charge in [0.1, 0.15) is 5.82 Å². The molecule has 4 amide bonds. The van der Waals surface area contributed by atoms with Gasteiger partial charge in [-0.2, -0.15) is 0 Å². The van der Waals surface area contributed by atoms with Crippen LogP contribution in [0.1, 0.15) is 44.2 Å². The van der Waals surface area contributed by atoms with Crippen molar-refractivity contribution >= 4 is 29.7 Å². The minimum Gasteiger partial charge on any atom is -0.336 e. The molecule has 4 unspecified atom stereocenters. The summed E-state index contributed by atoms with van der Waals surface area (Å²) in [6.45, 7) is 3.08. The molecular formula is C29H32FN5O2. The number of carbonyl (C=O) groups is 2. The third-order valence-corrected chi connectivity index (χ3v) is 8.15. The van der Waals surface area contributed by atoms with Crippen molar-refractivity contribution in [3.8, 4) is 0 Å². The molecule has 2 aromatic rings. The van der Waals surface area contributed by atoms with E-state index in [0.717, 1.165) is 37.0 Å². The molecule has 2 aliphatic carbocycles. The van der Waals surface area contributed by atoms with Gasteiger partial charge in [0.15, 0.2) is 0 Å². The number of carbonyl (C=O) groups excluding carboxylic acids is 2. The SMILES string of the molecule is CC12CC(C=N)C(=Nc3ccc(F)cc3)C=C1CCC2CC(NC(=O)N1CCNC1=O)c1ccccc1. The predicted molar refractivity (Wildman–Crippen MR) is 142 cm³/mol. The van der Waals surface area contributed by atoms with Crippen LogP contribution < -0.4 is 10.6 Å². The summed E-state index contributed by atoms with van der Waals surface area (Å²) in [6, 6.07) is 15.0. The molecule has 2 fully saturated rings. The highest BCUT2D eigenvalue weighted by atomic mass is 19.1. The molecule has 0 aromatic heterocycles. The molecule has 3 aliphatic rings. The van der Waals surface area contributed by atoms with Gasteiger partial charge < -0.3 is 16.0 Å². The summed E-state index contributed by atoms with van der Waals surface area (Å²) in [7, 11) is 0. The van der Waals surface area contributed by atoms with Crippen LogP contribution in [0.25, 0.3) is 0 Å². The second kappa shape index (κ2) is 10.3. The van der Waals surface area contributed by atoms with Crippen molar-refractivity contribution in [3.05, 3.63) is 77.6 Å². The molecule has 4 atom stereocenters. The maximum absolute atomic E-state index is 13.3. The summed E-state index contributed by atoms with van der Waals surface area (Å²) >= 11 is 0. The van der Waals surface area contributed by atoms with Gasteiger partial charge in [0.2, 0.25) is 0 Å². The fourth-order valence-electron chi connectivity index (χ4n) is 6.02. The van der Waals surface area contributed by atoms with Crippen molar-refractivity contribution in [1.82, 2.24) is 15.5 Å². The van der Waals surface area contributed by atoms with Crippen molar-refractivity contribution < 1.29 is 14.0 Å². The Morgan fingerprint density at radius 2 is 2.03 bits per heavy atom. The highest BCUT2D eigenvalue weighted by molar-refractivity contribution is 6.08. The van der Waals surface area contributed by atoms with Crippen LogP contribution in [0, 0.1) is 28.5 Å². The molecule has 5 rings (SSSR count). The van der Waals surface area contributed by atoms with Crippen LogP contribution in [-0.2, 0) is 0 Å². The number of allylic oxidation sites excluding steroid dienone is 2. The lowest BCUT2D eigenvalue weighted by Gasteiger charge is -2.40. The van der Waals surface area contributed by atoms with E-state index in [1.54, 1.807) is 12.1 Å². The molecular weight excluding hydrogens is 469 g/mol. The number of hydrogen-bond donors (Lipinski definition) is 3. The normalized spacial score (nSPS) is 26.9. The van der Waals surface area contributed by atoms with E-state index >= 15 is 0 Å². The molecule has 192 valence electrons. The first kappa shape index (κ1) is 24.9.